The van der Waals surface area contributed by atoms with Crippen molar-refractivity contribution in [2.24, 2.45) is 0 Å². The van der Waals surface area contributed by atoms with Gasteiger partial charge in [0.2, 0.25) is 11.9 Å². The number of rotatable bonds is 7. The van der Waals surface area contributed by atoms with E-state index in [-0.39, 0.29) is 24.0 Å². The second-order valence-corrected chi connectivity index (χ2v) is 8.05. The Morgan fingerprint density at radius 2 is 2.09 bits per heavy atom. The van der Waals surface area contributed by atoms with Crippen molar-refractivity contribution in [1.82, 2.24) is 14.9 Å². The Kier molecular flexibility index (Phi) is 6.87. The van der Waals surface area contributed by atoms with Crippen molar-refractivity contribution >= 4 is 35.1 Å². The van der Waals surface area contributed by atoms with Gasteiger partial charge in [-0.05, 0) is 30.7 Å². The first-order valence-electron chi connectivity index (χ1n) is 10.4. The summed E-state index contributed by atoms with van der Waals surface area (Å²) >= 11 is 5.82. The van der Waals surface area contributed by atoms with Crippen LogP contribution in [0.25, 0.3) is 0 Å². The normalized spacial score (nSPS) is 20.1. The van der Waals surface area contributed by atoms with Crippen molar-refractivity contribution in [1.29, 1.82) is 0 Å². The van der Waals surface area contributed by atoms with Crippen LogP contribution in [0.3, 0.4) is 0 Å². The number of halogens is 1. The van der Waals surface area contributed by atoms with Gasteiger partial charge in [0, 0.05) is 31.1 Å². The van der Waals surface area contributed by atoms with Gasteiger partial charge in [-0.1, -0.05) is 18.2 Å². The van der Waals surface area contributed by atoms with Gasteiger partial charge in [-0.3, -0.25) is 9.59 Å². The third-order valence-corrected chi connectivity index (χ3v) is 5.48. The molecule has 2 aliphatic rings. The van der Waals surface area contributed by atoms with E-state index in [0.29, 0.717) is 54.3 Å². The minimum absolute atomic E-state index is 0.0395. The number of aromatic nitrogens is 2. The highest BCUT2D eigenvalue weighted by Gasteiger charge is 2.28. The van der Waals surface area contributed by atoms with Gasteiger partial charge in [-0.25, -0.2) is 9.97 Å². The van der Waals surface area contributed by atoms with E-state index in [4.69, 9.17) is 21.1 Å². The summed E-state index contributed by atoms with van der Waals surface area (Å²) in [6.45, 7) is 5.69. The largest absolute Gasteiger partial charge is 0.486 e. The molecule has 2 N–H and O–H groups in total. The fourth-order valence-electron chi connectivity index (χ4n) is 3.64. The quantitative estimate of drug-likeness (QED) is 0.616. The van der Waals surface area contributed by atoms with E-state index in [9.17, 15) is 9.59 Å². The van der Waals surface area contributed by atoms with E-state index in [1.165, 1.54) is 18.5 Å². The monoisotopic (exact) mass is 457 g/mol. The number of ether oxygens (including phenoxy) is 2. The van der Waals surface area contributed by atoms with Crippen LogP contribution in [-0.4, -0.2) is 65.1 Å². The number of benzene rings is 1. The predicted molar refractivity (Wildman–Crippen MR) is 120 cm³/mol. The molecule has 1 unspecified atom stereocenters. The molecule has 0 radical (unpaired) electrons. The molecule has 2 atom stereocenters. The average molecular weight is 458 g/mol. The molecule has 10 heteroatoms. The molecule has 0 saturated carbocycles. The zero-order valence-corrected chi connectivity index (χ0v) is 18.2. The number of nitrogens with one attached hydrogen (secondary N) is 2. The van der Waals surface area contributed by atoms with Crippen LogP contribution in [0, 0.1) is 0 Å². The molecule has 2 amide bonds. The van der Waals surface area contributed by atoms with E-state index in [0.717, 1.165) is 12.8 Å². The standard InChI is InChI=1S/C22H24ClN5O4/c1-2-20(29)27-18-4-3-14(9-19(18)32-17-6-8-31-13-17)21(30)28-7-5-16(12-28)26-22-24-10-15(23)11-25-22/h2-4,9-11,16-17H,1,5-8,12-13H2,(H,27,29)(H,24,25,26)/t16-,17?/m1/s1. The van der Waals surface area contributed by atoms with Crippen LogP contribution >= 0.6 is 11.6 Å². The highest BCUT2D eigenvalue weighted by Crippen LogP contribution is 2.30. The molecule has 4 rings (SSSR count). The SMILES string of the molecule is C=CC(=O)Nc1ccc(C(=O)N2CC[C@@H](Nc3ncc(Cl)cn3)C2)cc1OC1CCOC1. The Bertz CT molecular complexity index is 994. The summed E-state index contributed by atoms with van der Waals surface area (Å²) in [6, 6.07) is 5.06. The second kappa shape index (κ2) is 9.97. The minimum atomic E-state index is -0.352. The van der Waals surface area contributed by atoms with E-state index < -0.39 is 0 Å². The summed E-state index contributed by atoms with van der Waals surface area (Å²) in [5, 5.41) is 6.42. The van der Waals surface area contributed by atoms with Gasteiger partial charge < -0.3 is 25.0 Å². The van der Waals surface area contributed by atoms with Crippen molar-refractivity contribution in [2.45, 2.75) is 25.0 Å². The molecular formula is C22H24ClN5O4. The summed E-state index contributed by atoms with van der Waals surface area (Å²) < 4.78 is 11.4. The summed E-state index contributed by atoms with van der Waals surface area (Å²) in [4.78, 5) is 35.0. The number of amides is 2. The van der Waals surface area contributed by atoms with Crippen molar-refractivity contribution in [3.63, 3.8) is 0 Å². The number of anilines is 2. The molecular weight excluding hydrogens is 434 g/mol. The number of nitrogens with zero attached hydrogens (tertiary/aromatic N) is 3. The number of hydrogen-bond acceptors (Lipinski definition) is 7. The van der Waals surface area contributed by atoms with Crippen LogP contribution in [0.4, 0.5) is 11.6 Å². The van der Waals surface area contributed by atoms with E-state index >= 15 is 0 Å². The third-order valence-electron chi connectivity index (χ3n) is 5.28. The van der Waals surface area contributed by atoms with Crippen LogP contribution in [0.1, 0.15) is 23.2 Å². The molecule has 0 bridgehead atoms. The summed E-state index contributed by atoms with van der Waals surface area (Å²) in [5.74, 6) is 0.449. The maximum absolute atomic E-state index is 13.1. The number of likely N-dealkylation sites (tertiary alicyclic amines) is 1. The van der Waals surface area contributed by atoms with E-state index in [1.54, 1.807) is 23.1 Å². The summed E-state index contributed by atoms with van der Waals surface area (Å²) in [5.41, 5.74) is 0.970. The van der Waals surface area contributed by atoms with Crippen LogP contribution in [0.15, 0.2) is 43.2 Å². The molecule has 3 heterocycles. The first kappa shape index (κ1) is 22.0. The lowest BCUT2D eigenvalue weighted by molar-refractivity contribution is -0.111. The van der Waals surface area contributed by atoms with Crippen molar-refractivity contribution < 1.29 is 19.1 Å². The summed E-state index contributed by atoms with van der Waals surface area (Å²) in [6.07, 6.45) is 5.63. The van der Waals surface area contributed by atoms with Gasteiger partial charge in [0.25, 0.3) is 5.91 Å². The van der Waals surface area contributed by atoms with Gasteiger partial charge >= 0.3 is 0 Å². The zero-order valence-electron chi connectivity index (χ0n) is 17.4. The lowest BCUT2D eigenvalue weighted by Crippen LogP contribution is -2.32. The predicted octanol–water partition coefficient (Wildman–Crippen LogP) is 2.75. The molecule has 1 aromatic carbocycles. The summed E-state index contributed by atoms with van der Waals surface area (Å²) in [7, 11) is 0. The van der Waals surface area contributed by atoms with E-state index in [2.05, 4.69) is 27.2 Å². The molecule has 2 aromatic rings. The molecule has 32 heavy (non-hydrogen) atoms. The highest BCUT2D eigenvalue weighted by atomic mass is 35.5. The molecule has 9 nitrogen and oxygen atoms in total. The zero-order chi connectivity index (χ0) is 22.5. The van der Waals surface area contributed by atoms with Crippen LogP contribution in [-0.2, 0) is 9.53 Å². The van der Waals surface area contributed by atoms with Crippen LogP contribution in [0.5, 0.6) is 5.75 Å². The van der Waals surface area contributed by atoms with Gasteiger partial charge in [-0.2, -0.15) is 0 Å². The number of carbonyl (C=O) groups excluding carboxylic acids is 2. The topological polar surface area (TPSA) is 106 Å². The minimum Gasteiger partial charge on any atom is -0.486 e. The highest BCUT2D eigenvalue weighted by molar-refractivity contribution is 6.30. The molecule has 2 aliphatic heterocycles. The fourth-order valence-corrected chi connectivity index (χ4v) is 3.74. The number of carbonyl (C=O) groups is 2. The Morgan fingerprint density at radius 3 is 2.81 bits per heavy atom. The fraction of sp³-hybridized carbons (Fsp3) is 0.364. The Labute approximate surface area is 190 Å². The second-order valence-electron chi connectivity index (χ2n) is 7.61. The maximum Gasteiger partial charge on any atom is 0.254 e. The average Bonchev–Trinajstić information content (AvgIpc) is 3.48. The van der Waals surface area contributed by atoms with Crippen molar-refractivity contribution in [2.75, 3.05) is 36.9 Å². The Morgan fingerprint density at radius 1 is 1.28 bits per heavy atom. The molecule has 168 valence electrons. The lowest BCUT2D eigenvalue weighted by Gasteiger charge is -2.20. The third kappa shape index (κ3) is 5.35. The number of hydrogen-bond donors (Lipinski definition) is 2. The first-order valence-corrected chi connectivity index (χ1v) is 10.7. The molecule has 2 fully saturated rings. The first-order chi connectivity index (χ1) is 15.5. The molecule has 0 aliphatic carbocycles. The van der Waals surface area contributed by atoms with Crippen LogP contribution in [0.2, 0.25) is 5.02 Å². The molecule has 2 saturated heterocycles. The van der Waals surface area contributed by atoms with E-state index in [1.807, 2.05) is 0 Å². The lowest BCUT2D eigenvalue weighted by atomic mass is 10.1. The van der Waals surface area contributed by atoms with Crippen molar-refractivity contribution in [3.8, 4) is 5.75 Å². The smallest absolute Gasteiger partial charge is 0.254 e. The van der Waals surface area contributed by atoms with Gasteiger partial charge in [0.1, 0.15) is 11.9 Å². The molecule has 1 aromatic heterocycles. The molecule has 0 spiro atoms. The Hall–Kier alpha value is -3.17. The van der Waals surface area contributed by atoms with Crippen molar-refractivity contribution in [3.05, 3.63) is 53.8 Å². The van der Waals surface area contributed by atoms with Gasteiger partial charge in [0.05, 0.1) is 36.3 Å². The maximum atomic E-state index is 13.1. The van der Waals surface area contributed by atoms with Gasteiger partial charge in [-0.15, -0.1) is 0 Å². The van der Waals surface area contributed by atoms with Gasteiger partial charge in [0.15, 0.2) is 0 Å². The van der Waals surface area contributed by atoms with Crippen LogP contribution < -0.4 is 15.4 Å². The Balaban J connectivity index is 1.45.